The van der Waals surface area contributed by atoms with Crippen LogP contribution in [0.4, 0.5) is 0 Å². The molecule has 0 saturated heterocycles. The summed E-state index contributed by atoms with van der Waals surface area (Å²) in [5.41, 5.74) is 1.96. The van der Waals surface area contributed by atoms with E-state index in [1.807, 2.05) is 35.7 Å². The molecule has 0 fully saturated rings. The Labute approximate surface area is 119 Å². The largest absolute Gasteiger partial charge is 0.297 e. The first-order valence-electron chi connectivity index (χ1n) is 5.89. The fourth-order valence-corrected chi connectivity index (χ4v) is 3.14. The summed E-state index contributed by atoms with van der Waals surface area (Å²) in [6, 6.07) is 9.89. The summed E-state index contributed by atoms with van der Waals surface area (Å²) in [5, 5.41) is 2.67. The molecule has 5 heteroatoms. The predicted octanol–water partition coefficient (Wildman–Crippen LogP) is 3.36. The van der Waals surface area contributed by atoms with Crippen molar-refractivity contribution in [3.63, 3.8) is 0 Å². The second kappa shape index (κ2) is 5.15. The van der Waals surface area contributed by atoms with Crippen LogP contribution >= 0.6 is 22.9 Å². The lowest BCUT2D eigenvalue weighted by molar-refractivity contribution is 0.723. The molecule has 2 heterocycles. The van der Waals surface area contributed by atoms with Gasteiger partial charge in [-0.2, -0.15) is 0 Å². The summed E-state index contributed by atoms with van der Waals surface area (Å²) in [6.07, 6.45) is 1.57. The van der Waals surface area contributed by atoms with E-state index in [9.17, 15) is 4.79 Å². The molecule has 0 aliphatic heterocycles. The highest BCUT2D eigenvalue weighted by atomic mass is 35.5. The molecular formula is C14H11ClN2OS. The number of aromatic nitrogens is 2. The van der Waals surface area contributed by atoms with Gasteiger partial charge in [-0.25, -0.2) is 4.98 Å². The third-order valence-corrected chi connectivity index (χ3v) is 4.03. The van der Waals surface area contributed by atoms with Crippen molar-refractivity contribution in [3.05, 3.63) is 52.4 Å². The van der Waals surface area contributed by atoms with Crippen molar-refractivity contribution < 1.29 is 0 Å². The van der Waals surface area contributed by atoms with Gasteiger partial charge in [-0.3, -0.25) is 9.36 Å². The highest BCUT2D eigenvalue weighted by Crippen LogP contribution is 2.30. The van der Waals surface area contributed by atoms with E-state index in [4.69, 9.17) is 11.6 Å². The molecule has 0 saturated carbocycles. The molecule has 1 aromatic carbocycles. The first kappa shape index (κ1) is 12.4. The lowest BCUT2D eigenvalue weighted by Gasteiger charge is -2.03. The van der Waals surface area contributed by atoms with E-state index in [0.29, 0.717) is 17.8 Å². The molecule has 0 aliphatic carbocycles. The van der Waals surface area contributed by atoms with Crippen LogP contribution in [0.15, 0.2) is 46.8 Å². The van der Waals surface area contributed by atoms with Crippen molar-refractivity contribution in [2.24, 2.45) is 0 Å². The topological polar surface area (TPSA) is 34.9 Å². The quantitative estimate of drug-likeness (QED) is 0.693. The molecule has 19 heavy (non-hydrogen) atoms. The Kier molecular flexibility index (Phi) is 3.36. The molecule has 3 aromatic rings. The van der Waals surface area contributed by atoms with Crippen molar-refractivity contribution in [1.29, 1.82) is 0 Å². The number of hydrogen-bond acceptors (Lipinski definition) is 3. The number of fused-ring (bicyclic) bond motifs is 1. The van der Waals surface area contributed by atoms with Crippen LogP contribution in [0.25, 0.3) is 21.3 Å². The molecule has 0 amide bonds. The third kappa shape index (κ3) is 2.17. The van der Waals surface area contributed by atoms with E-state index < -0.39 is 0 Å². The van der Waals surface area contributed by atoms with Crippen molar-refractivity contribution in [3.8, 4) is 11.1 Å². The second-order valence-corrected chi connectivity index (χ2v) is 5.36. The maximum absolute atomic E-state index is 12.4. The molecule has 0 N–H and O–H groups in total. The molecular weight excluding hydrogens is 280 g/mol. The Balaban J connectivity index is 2.27. The monoisotopic (exact) mass is 290 g/mol. The van der Waals surface area contributed by atoms with Crippen LogP contribution in [0.1, 0.15) is 0 Å². The van der Waals surface area contributed by atoms with Crippen LogP contribution in [0.5, 0.6) is 0 Å². The van der Waals surface area contributed by atoms with Gasteiger partial charge in [0.2, 0.25) is 0 Å². The summed E-state index contributed by atoms with van der Waals surface area (Å²) in [6.45, 7) is 0.480. The van der Waals surface area contributed by atoms with Gasteiger partial charge >= 0.3 is 0 Å². The van der Waals surface area contributed by atoms with Crippen molar-refractivity contribution >= 4 is 33.2 Å². The summed E-state index contributed by atoms with van der Waals surface area (Å²) in [5.74, 6) is 0.401. The molecule has 3 rings (SSSR count). The number of benzene rings is 1. The molecule has 2 aromatic heterocycles. The van der Waals surface area contributed by atoms with E-state index in [0.717, 1.165) is 16.0 Å². The van der Waals surface area contributed by atoms with E-state index in [1.54, 1.807) is 10.9 Å². The Bertz CT molecular complexity index is 764. The second-order valence-electron chi connectivity index (χ2n) is 4.13. The number of nitrogens with zero attached hydrogens (tertiary/aromatic N) is 2. The molecule has 0 bridgehead atoms. The minimum Gasteiger partial charge on any atom is -0.297 e. The van der Waals surface area contributed by atoms with E-state index in [1.165, 1.54) is 11.3 Å². The van der Waals surface area contributed by atoms with Gasteiger partial charge in [0.1, 0.15) is 4.83 Å². The number of halogens is 1. The summed E-state index contributed by atoms with van der Waals surface area (Å²) >= 11 is 7.20. The fourth-order valence-electron chi connectivity index (χ4n) is 2.05. The Morgan fingerprint density at radius 1 is 1.26 bits per heavy atom. The van der Waals surface area contributed by atoms with Crippen LogP contribution in [0, 0.1) is 0 Å². The Hall–Kier alpha value is -1.65. The normalized spacial score (nSPS) is 11.0. The van der Waals surface area contributed by atoms with Crippen molar-refractivity contribution in [1.82, 2.24) is 9.55 Å². The number of alkyl halides is 1. The lowest BCUT2D eigenvalue weighted by atomic mass is 10.1. The summed E-state index contributed by atoms with van der Waals surface area (Å²) in [7, 11) is 0. The van der Waals surface area contributed by atoms with Gasteiger partial charge in [0.25, 0.3) is 5.56 Å². The smallest absolute Gasteiger partial charge is 0.262 e. The zero-order valence-corrected chi connectivity index (χ0v) is 11.6. The highest BCUT2D eigenvalue weighted by molar-refractivity contribution is 7.17. The first-order chi connectivity index (χ1) is 9.31. The predicted molar refractivity (Wildman–Crippen MR) is 80.0 cm³/mol. The zero-order valence-electron chi connectivity index (χ0n) is 10.0. The molecule has 3 nitrogen and oxygen atoms in total. The van der Waals surface area contributed by atoms with E-state index in [-0.39, 0.29) is 5.56 Å². The maximum atomic E-state index is 12.4. The van der Waals surface area contributed by atoms with E-state index in [2.05, 4.69) is 4.98 Å². The first-order valence-corrected chi connectivity index (χ1v) is 7.30. The molecule has 0 radical (unpaired) electrons. The zero-order chi connectivity index (χ0) is 13.2. The van der Waals surface area contributed by atoms with Gasteiger partial charge in [0, 0.05) is 23.4 Å². The minimum absolute atomic E-state index is 0.0225. The highest BCUT2D eigenvalue weighted by Gasteiger charge is 2.12. The van der Waals surface area contributed by atoms with Crippen LogP contribution in [0.2, 0.25) is 0 Å². The molecule has 0 atom stereocenters. The van der Waals surface area contributed by atoms with Gasteiger partial charge in [0.15, 0.2) is 0 Å². The number of hydrogen-bond donors (Lipinski definition) is 0. The SMILES string of the molecule is O=c1c2c(-c3ccccc3)csc2ncn1CCCl. The van der Waals surface area contributed by atoms with Crippen molar-refractivity contribution in [2.75, 3.05) is 5.88 Å². The number of rotatable bonds is 3. The molecule has 0 spiro atoms. The summed E-state index contributed by atoms with van der Waals surface area (Å²) < 4.78 is 1.56. The van der Waals surface area contributed by atoms with Crippen LogP contribution in [0.3, 0.4) is 0 Å². The summed E-state index contributed by atoms with van der Waals surface area (Å²) in [4.78, 5) is 17.5. The Morgan fingerprint density at radius 3 is 2.79 bits per heavy atom. The lowest BCUT2D eigenvalue weighted by Crippen LogP contribution is -2.21. The van der Waals surface area contributed by atoms with Crippen LogP contribution in [-0.2, 0) is 6.54 Å². The van der Waals surface area contributed by atoms with Crippen LogP contribution in [-0.4, -0.2) is 15.4 Å². The standard InChI is InChI=1S/C14H11ClN2OS/c15-6-7-17-9-16-13-12(14(17)18)11(8-19-13)10-4-2-1-3-5-10/h1-5,8-9H,6-7H2. The van der Waals surface area contributed by atoms with Gasteiger partial charge < -0.3 is 0 Å². The number of thiophene rings is 1. The average Bonchev–Trinajstić information content (AvgIpc) is 2.88. The van der Waals surface area contributed by atoms with Crippen LogP contribution < -0.4 is 5.56 Å². The van der Waals surface area contributed by atoms with E-state index >= 15 is 0 Å². The third-order valence-electron chi connectivity index (χ3n) is 2.97. The van der Waals surface area contributed by atoms with Gasteiger partial charge in [-0.15, -0.1) is 22.9 Å². The van der Waals surface area contributed by atoms with Gasteiger partial charge in [0.05, 0.1) is 11.7 Å². The maximum Gasteiger partial charge on any atom is 0.262 e. The number of aryl methyl sites for hydroxylation is 1. The minimum atomic E-state index is -0.0225. The van der Waals surface area contributed by atoms with Crippen molar-refractivity contribution in [2.45, 2.75) is 6.54 Å². The molecule has 0 unspecified atom stereocenters. The van der Waals surface area contributed by atoms with Gasteiger partial charge in [-0.05, 0) is 5.56 Å². The van der Waals surface area contributed by atoms with Gasteiger partial charge in [-0.1, -0.05) is 30.3 Å². The Morgan fingerprint density at radius 2 is 2.05 bits per heavy atom. The molecule has 96 valence electrons. The fraction of sp³-hybridized carbons (Fsp3) is 0.143. The molecule has 0 aliphatic rings. The average molecular weight is 291 g/mol.